The molecule has 0 aromatic rings. The number of aliphatic hydroxyl groups excluding tert-OH is 1. The second-order valence-electron chi connectivity index (χ2n) is 3.63. The van der Waals surface area contributed by atoms with Crippen molar-refractivity contribution >= 4 is 11.9 Å². The van der Waals surface area contributed by atoms with Crippen LogP contribution in [0.4, 0.5) is 0 Å². The summed E-state index contributed by atoms with van der Waals surface area (Å²) in [4.78, 5) is 22.1. The molecule has 2 atom stereocenters. The fourth-order valence-corrected chi connectivity index (χ4v) is 1.34. The monoisotopic (exact) mass is 232 g/mol. The van der Waals surface area contributed by atoms with Crippen molar-refractivity contribution in [2.75, 3.05) is 13.2 Å². The van der Waals surface area contributed by atoms with Crippen molar-refractivity contribution in [1.82, 2.24) is 10.6 Å². The number of aliphatic carboxylic acids is 1. The van der Waals surface area contributed by atoms with E-state index >= 15 is 0 Å². The number of hydrogen-bond donors (Lipinski definition) is 4. The summed E-state index contributed by atoms with van der Waals surface area (Å²) in [6, 6.07) is -1.00. The molecule has 0 heterocycles. The predicted octanol–water partition coefficient (Wildman–Crippen LogP) is -0.674. The molecule has 0 bridgehead atoms. The van der Waals surface area contributed by atoms with Gasteiger partial charge in [0, 0.05) is 25.5 Å². The topological polar surface area (TPSA) is 98.7 Å². The smallest absolute Gasteiger partial charge is 0.326 e. The van der Waals surface area contributed by atoms with Gasteiger partial charge in [-0.05, 0) is 13.5 Å². The minimum Gasteiger partial charge on any atom is -0.480 e. The molecule has 0 aromatic heterocycles. The highest BCUT2D eigenvalue weighted by Crippen LogP contribution is 1.95. The Labute approximate surface area is 95.0 Å². The predicted molar refractivity (Wildman–Crippen MR) is 59.0 cm³/mol. The van der Waals surface area contributed by atoms with Crippen molar-refractivity contribution in [2.24, 2.45) is 0 Å². The van der Waals surface area contributed by atoms with Crippen LogP contribution in [0.3, 0.4) is 0 Å². The van der Waals surface area contributed by atoms with Gasteiger partial charge < -0.3 is 20.8 Å². The zero-order chi connectivity index (χ0) is 12.6. The highest BCUT2D eigenvalue weighted by molar-refractivity contribution is 5.83. The van der Waals surface area contributed by atoms with Gasteiger partial charge in [0.1, 0.15) is 6.04 Å². The first kappa shape index (κ1) is 14.9. The first-order valence-electron chi connectivity index (χ1n) is 5.37. The first-order valence-corrected chi connectivity index (χ1v) is 5.37. The first-order chi connectivity index (χ1) is 7.51. The molecule has 0 radical (unpaired) electrons. The van der Waals surface area contributed by atoms with Gasteiger partial charge in [-0.15, -0.1) is 0 Å². The van der Waals surface area contributed by atoms with E-state index < -0.39 is 12.0 Å². The van der Waals surface area contributed by atoms with Crippen LogP contribution in [0.1, 0.15) is 26.7 Å². The van der Waals surface area contributed by atoms with Crippen molar-refractivity contribution in [3.8, 4) is 0 Å². The molecule has 0 fully saturated rings. The summed E-state index contributed by atoms with van der Waals surface area (Å²) < 4.78 is 0. The van der Waals surface area contributed by atoms with E-state index in [1.807, 2.05) is 13.8 Å². The third-order valence-corrected chi connectivity index (χ3v) is 2.10. The van der Waals surface area contributed by atoms with Crippen molar-refractivity contribution in [2.45, 2.75) is 38.8 Å². The number of carbonyl (C=O) groups excluding carboxylic acids is 1. The van der Waals surface area contributed by atoms with Gasteiger partial charge >= 0.3 is 5.97 Å². The number of rotatable bonds is 8. The minimum atomic E-state index is -1.13. The third-order valence-electron chi connectivity index (χ3n) is 2.10. The van der Waals surface area contributed by atoms with Crippen LogP contribution in [-0.2, 0) is 9.59 Å². The van der Waals surface area contributed by atoms with Crippen LogP contribution < -0.4 is 10.6 Å². The van der Waals surface area contributed by atoms with Crippen molar-refractivity contribution in [1.29, 1.82) is 0 Å². The minimum absolute atomic E-state index is 0.00794. The maximum Gasteiger partial charge on any atom is 0.326 e. The van der Waals surface area contributed by atoms with Crippen molar-refractivity contribution < 1.29 is 19.8 Å². The van der Waals surface area contributed by atoms with Gasteiger partial charge in [0.25, 0.3) is 0 Å². The molecule has 0 spiro atoms. The molecule has 4 N–H and O–H groups in total. The number of hydrogen-bond acceptors (Lipinski definition) is 4. The van der Waals surface area contributed by atoms with E-state index in [1.54, 1.807) is 0 Å². The summed E-state index contributed by atoms with van der Waals surface area (Å²) in [7, 11) is 0. The van der Waals surface area contributed by atoms with E-state index in [1.165, 1.54) is 0 Å². The van der Waals surface area contributed by atoms with E-state index in [0.717, 1.165) is 6.54 Å². The highest BCUT2D eigenvalue weighted by Gasteiger charge is 2.19. The summed E-state index contributed by atoms with van der Waals surface area (Å²) in [5, 5.41) is 22.8. The fourth-order valence-electron chi connectivity index (χ4n) is 1.34. The maximum absolute atomic E-state index is 11.4. The number of carboxylic acid groups (broad SMARTS) is 1. The Hall–Kier alpha value is -1.14. The number of amides is 1. The van der Waals surface area contributed by atoms with E-state index in [-0.39, 0.29) is 31.4 Å². The van der Waals surface area contributed by atoms with Gasteiger partial charge in [-0.3, -0.25) is 4.79 Å². The molecule has 0 rings (SSSR count). The largest absolute Gasteiger partial charge is 0.480 e. The third kappa shape index (κ3) is 6.36. The van der Waals surface area contributed by atoms with E-state index in [9.17, 15) is 9.59 Å². The average Bonchev–Trinajstić information content (AvgIpc) is 2.16. The molecule has 6 heteroatoms. The molecule has 94 valence electrons. The van der Waals surface area contributed by atoms with Crippen LogP contribution in [0, 0.1) is 0 Å². The molecule has 16 heavy (non-hydrogen) atoms. The van der Waals surface area contributed by atoms with Gasteiger partial charge in [-0.1, -0.05) is 6.92 Å². The molecular weight excluding hydrogens is 212 g/mol. The van der Waals surface area contributed by atoms with Gasteiger partial charge in [-0.2, -0.15) is 0 Å². The van der Waals surface area contributed by atoms with Crippen molar-refractivity contribution in [3.05, 3.63) is 0 Å². The lowest BCUT2D eigenvalue weighted by molar-refractivity contribution is -0.142. The molecule has 0 aliphatic heterocycles. The van der Waals surface area contributed by atoms with Gasteiger partial charge in [-0.25, -0.2) is 4.79 Å². The molecule has 0 saturated heterocycles. The number of carbonyl (C=O) groups is 2. The number of aliphatic hydroxyl groups is 1. The molecule has 0 aromatic carbocycles. The number of nitrogens with one attached hydrogen (secondary N) is 2. The Kier molecular flexibility index (Phi) is 7.49. The summed E-state index contributed by atoms with van der Waals surface area (Å²) >= 11 is 0. The van der Waals surface area contributed by atoms with Crippen LogP contribution in [0.15, 0.2) is 0 Å². The molecule has 0 aliphatic carbocycles. The molecule has 1 unspecified atom stereocenters. The zero-order valence-corrected chi connectivity index (χ0v) is 9.69. The van der Waals surface area contributed by atoms with E-state index in [0.29, 0.717) is 0 Å². The van der Waals surface area contributed by atoms with Crippen LogP contribution >= 0.6 is 0 Å². The Balaban J connectivity index is 4.04. The Morgan fingerprint density at radius 1 is 1.38 bits per heavy atom. The van der Waals surface area contributed by atoms with Gasteiger partial charge in [0.2, 0.25) is 5.91 Å². The van der Waals surface area contributed by atoms with Crippen molar-refractivity contribution in [3.63, 3.8) is 0 Å². The Morgan fingerprint density at radius 3 is 2.44 bits per heavy atom. The summed E-state index contributed by atoms with van der Waals surface area (Å²) in [6.07, 6.45) is 0.250. The van der Waals surface area contributed by atoms with Crippen LogP contribution in [0.2, 0.25) is 0 Å². The molecule has 0 saturated carbocycles. The molecule has 6 nitrogen and oxygen atoms in total. The molecule has 1 amide bonds. The quantitative estimate of drug-likeness (QED) is 0.445. The summed E-state index contributed by atoms with van der Waals surface area (Å²) in [5.74, 6) is -1.45. The Morgan fingerprint density at radius 2 is 2.00 bits per heavy atom. The van der Waals surface area contributed by atoms with Crippen LogP contribution in [0.5, 0.6) is 0 Å². The summed E-state index contributed by atoms with van der Waals surface area (Å²) in [5.41, 5.74) is 0. The Bertz CT molecular complexity index is 233. The highest BCUT2D eigenvalue weighted by atomic mass is 16.4. The number of carboxylic acids is 1. The van der Waals surface area contributed by atoms with E-state index in [2.05, 4.69) is 10.6 Å². The SMILES string of the molecule is CCNC(C)CC(=O)N[C@@H](CCO)C(=O)O. The lowest BCUT2D eigenvalue weighted by Gasteiger charge is -2.16. The second kappa shape index (κ2) is 8.06. The second-order valence-corrected chi connectivity index (χ2v) is 3.63. The zero-order valence-electron chi connectivity index (χ0n) is 9.69. The van der Waals surface area contributed by atoms with Crippen LogP contribution in [-0.4, -0.2) is 47.3 Å². The maximum atomic E-state index is 11.4. The fraction of sp³-hybridized carbons (Fsp3) is 0.800. The average molecular weight is 232 g/mol. The lowest BCUT2D eigenvalue weighted by Crippen LogP contribution is -2.43. The van der Waals surface area contributed by atoms with Crippen LogP contribution in [0.25, 0.3) is 0 Å². The van der Waals surface area contributed by atoms with E-state index in [4.69, 9.17) is 10.2 Å². The lowest BCUT2D eigenvalue weighted by atomic mass is 10.2. The molecular formula is C10H20N2O4. The molecule has 0 aliphatic rings. The van der Waals surface area contributed by atoms with Gasteiger partial charge in [0.15, 0.2) is 0 Å². The summed E-state index contributed by atoms with van der Waals surface area (Å²) in [6.45, 7) is 4.28. The normalized spacial score (nSPS) is 14.2. The van der Waals surface area contributed by atoms with Gasteiger partial charge in [0.05, 0.1) is 0 Å². The standard InChI is InChI=1S/C10H20N2O4/c1-3-11-7(2)6-9(14)12-8(4-5-13)10(15)16/h7-8,11,13H,3-6H2,1-2H3,(H,12,14)(H,15,16)/t7?,8-/m0/s1.